The van der Waals surface area contributed by atoms with E-state index >= 15 is 0 Å². The van der Waals surface area contributed by atoms with Crippen LogP contribution in [-0.4, -0.2) is 16.8 Å². The van der Waals surface area contributed by atoms with Gasteiger partial charge in [-0.25, -0.2) is 4.79 Å². The fourth-order valence-corrected chi connectivity index (χ4v) is 1.25. The summed E-state index contributed by atoms with van der Waals surface area (Å²) in [5.41, 5.74) is 0. The van der Waals surface area contributed by atoms with Crippen LogP contribution in [0.2, 0.25) is 0 Å². The smallest absolute Gasteiger partial charge is 0.341 e. The van der Waals surface area contributed by atoms with Crippen molar-refractivity contribution in [3.63, 3.8) is 0 Å². The van der Waals surface area contributed by atoms with Crippen molar-refractivity contribution in [2.45, 2.75) is 13.3 Å². The number of carboxylic acid groups (broad SMARTS) is 1. The van der Waals surface area contributed by atoms with Gasteiger partial charge in [-0.3, -0.25) is 0 Å². The summed E-state index contributed by atoms with van der Waals surface area (Å²) in [5, 5.41) is 8.61. The molecule has 0 atom stereocenters. The van der Waals surface area contributed by atoms with Crippen molar-refractivity contribution in [2.24, 2.45) is 0 Å². The number of rotatable bonds is 5. The van der Waals surface area contributed by atoms with Gasteiger partial charge in [-0.15, -0.1) is 18.3 Å². The maximum absolute atomic E-state index is 10.5. The van der Waals surface area contributed by atoms with Crippen LogP contribution in [-0.2, 0) is 4.79 Å². The Morgan fingerprint density at radius 1 is 1.73 bits per heavy atom. The molecule has 0 fully saturated rings. The Morgan fingerprint density at radius 3 is 2.73 bits per heavy atom. The summed E-state index contributed by atoms with van der Waals surface area (Å²) in [6.07, 6.45) is 4.15. The van der Waals surface area contributed by atoms with E-state index in [4.69, 9.17) is 5.11 Å². The Bertz CT molecular complexity index is 173. The van der Waals surface area contributed by atoms with Crippen LogP contribution >= 0.6 is 11.8 Å². The third-order valence-corrected chi connectivity index (χ3v) is 2.01. The molecule has 0 aliphatic rings. The van der Waals surface area contributed by atoms with Gasteiger partial charge < -0.3 is 5.11 Å². The molecule has 1 N–H and O–H groups in total. The van der Waals surface area contributed by atoms with E-state index in [2.05, 4.69) is 6.58 Å². The molecule has 2 nitrogen and oxygen atoms in total. The molecule has 0 unspecified atom stereocenters. The third kappa shape index (κ3) is 4.67. The van der Waals surface area contributed by atoms with Gasteiger partial charge in [0, 0.05) is 5.75 Å². The highest BCUT2D eigenvalue weighted by molar-refractivity contribution is 8.04. The number of carbonyl (C=O) groups is 1. The molecular weight excluding hydrogens is 160 g/mol. The maximum Gasteiger partial charge on any atom is 0.341 e. The van der Waals surface area contributed by atoms with Crippen LogP contribution in [0.3, 0.4) is 0 Å². The van der Waals surface area contributed by atoms with Gasteiger partial charge in [-0.05, 0) is 6.42 Å². The zero-order valence-corrected chi connectivity index (χ0v) is 7.36. The third-order valence-electron chi connectivity index (χ3n) is 0.957. The Labute approximate surface area is 71.0 Å². The topological polar surface area (TPSA) is 37.3 Å². The molecule has 0 rings (SSSR count). The first kappa shape index (κ1) is 10.3. The molecule has 0 heterocycles. The highest BCUT2D eigenvalue weighted by Crippen LogP contribution is 2.15. The van der Waals surface area contributed by atoms with E-state index in [1.807, 2.05) is 6.92 Å². The number of hydrogen-bond acceptors (Lipinski definition) is 2. The van der Waals surface area contributed by atoms with Crippen molar-refractivity contribution >= 4 is 17.7 Å². The molecule has 0 radical (unpaired) electrons. The number of carboxylic acids is 1. The van der Waals surface area contributed by atoms with Crippen molar-refractivity contribution in [3.05, 3.63) is 23.6 Å². The second kappa shape index (κ2) is 6.04. The Hall–Kier alpha value is -0.700. The fourth-order valence-electron chi connectivity index (χ4n) is 0.542. The summed E-state index contributed by atoms with van der Waals surface area (Å²) in [6, 6.07) is 0. The van der Waals surface area contributed by atoms with Crippen LogP contribution in [0.25, 0.3) is 0 Å². The maximum atomic E-state index is 10.5. The highest BCUT2D eigenvalue weighted by Gasteiger charge is 2.04. The highest BCUT2D eigenvalue weighted by atomic mass is 32.2. The lowest BCUT2D eigenvalue weighted by Gasteiger charge is -1.97. The number of aliphatic carboxylic acids is 1. The minimum absolute atomic E-state index is 0.410. The molecule has 0 spiro atoms. The SMILES string of the molecule is C=CCS/C(=C/CC)C(=O)O. The van der Waals surface area contributed by atoms with E-state index in [9.17, 15) is 4.79 Å². The minimum Gasteiger partial charge on any atom is -0.477 e. The van der Waals surface area contributed by atoms with Gasteiger partial charge >= 0.3 is 5.97 Å². The molecule has 0 saturated heterocycles. The average molecular weight is 172 g/mol. The van der Waals surface area contributed by atoms with E-state index in [0.29, 0.717) is 10.7 Å². The van der Waals surface area contributed by atoms with Gasteiger partial charge in [0.2, 0.25) is 0 Å². The van der Waals surface area contributed by atoms with E-state index in [0.717, 1.165) is 6.42 Å². The summed E-state index contributed by atoms with van der Waals surface area (Å²) in [5.74, 6) is -0.197. The Balaban J connectivity index is 4.00. The lowest BCUT2D eigenvalue weighted by atomic mass is 10.4. The van der Waals surface area contributed by atoms with E-state index in [-0.39, 0.29) is 0 Å². The average Bonchev–Trinajstić information content (AvgIpc) is 1.97. The van der Waals surface area contributed by atoms with Crippen molar-refractivity contribution in [1.29, 1.82) is 0 Å². The monoisotopic (exact) mass is 172 g/mol. The minimum atomic E-state index is -0.848. The summed E-state index contributed by atoms with van der Waals surface area (Å²) >= 11 is 1.30. The zero-order chi connectivity index (χ0) is 8.69. The standard InChI is InChI=1S/C8H12O2S/c1-3-5-7(8(9)10)11-6-4-2/h4-5H,2-3,6H2,1H3,(H,9,10)/b7-5+. The second-order valence-corrected chi connectivity index (χ2v) is 2.94. The molecule has 0 aliphatic heterocycles. The summed E-state index contributed by atoms with van der Waals surface area (Å²) < 4.78 is 0. The molecule has 3 heteroatoms. The molecule has 62 valence electrons. The van der Waals surface area contributed by atoms with Crippen LogP contribution in [0.15, 0.2) is 23.6 Å². The molecule has 0 aliphatic carbocycles. The van der Waals surface area contributed by atoms with Crippen LogP contribution in [0.5, 0.6) is 0 Å². The summed E-state index contributed by atoms with van der Waals surface area (Å²) in [4.78, 5) is 10.9. The van der Waals surface area contributed by atoms with Crippen LogP contribution in [0.1, 0.15) is 13.3 Å². The van der Waals surface area contributed by atoms with E-state index < -0.39 is 5.97 Å². The van der Waals surface area contributed by atoms with Crippen LogP contribution < -0.4 is 0 Å². The number of hydrogen-bond donors (Lipinski definition) is 1. The van der Waals surface area contributed by atoms with E-state index in [1.54, 1.807) is 12.2 Å². The Morgan fingerprint density at radius 2 is 2.36 bits per heavy atom. The van der Waals surface area contributed by atoms with Crippen LogP contribution in [0.4, 0.5) is 0 Å². The van der Waals surface area contributed by atoms with Gasteiger partial charge in [0.25, 0.3) is 0 Å². The van der Waals surface area contributed by atoms with Crippen molar-refractivity contribution in [3.8, 4) is 0 Å². The van der Waals surface area contributed by atoms with Gasteiger partial charge in [0.15, 0.2) is 0 Å². The first-order chi connectivity index (χ1) is 5.22. The predicted molar refractivity (Wildman–Crippen MR) is 48.7 cm³/mol. The van der Waals surface area contributed by atoms with Crippen molar-refractivity contribution in [1.82, 2.24) is 0 Å². The largest absolute Gasteiger partial charge is 0.477 e. The first-order valence-electron chi connectivity index (χ1n) is 3.39. The fraction of sp³-hybridized carbons (Fsp3) is 0.375. The molecule has 0 bridgehead atoms. The number of allylic oxidation sites excluding steroid dienone is 1. The van der Waals surface area contributed by atoms with Crippen LogP contribution in [0, 0.1) is 0 Å². The Kier molecular flexibility index (Phi) is 5.65. The second-order valence-electron chi connectivity index (χ2n) is 1.88. The molecular formula is C8H12O2S. The molecule has 0 saturated carbocycles. The van der Waals surface area contributed by atoms with Crippen molar-refractivity contribution in [2.75, 3.05) is 5.75 Å². The molecule has 0 aromatic heterocycles. The summed E-state index contributed by atoms with van der Waals surface area (Å²) in [7, 11) is 0. The number of thioether (sulfide) groups is 1. The predicted octanol–water partition coefficient (Wildman–Crippen LogP) is 2.28. The van der Waals surface area contributed by atoms with Crippen molar-refractivity contribution < 1.29 is 9.90 Å². The van der Waals surface area contributed by atoms with Gasteiger partial charge in [-0.1, -0.05) is 19.1 Å². The van der Waals surface area contributed by atoms with E-state index in [1.165, 1.54) is 11.8 Å². The zero-order valence-electron chi connectivity index (χ0n) is 6.54. The van der Waals surface area contributed by atoms with Gasteiger partial charge in [-0.2, -0.15) is 0 Å². The molecule has 0 aromatic carbocycles. The summed E-state index contributed by atoms with van der Waals surface area (Å²) in [6.45, 7) is 5.43. The lowest BCUT2D eigenvalue weighted by Crippen LogP contribution is -1.96. The van der Waals surface area contributed by atoms with Gasteiger partial charge in [0.05, 0.1) is 4.91 Å². The first-order valence-corrected chi connectivity index (χ1v) is 4.38. The normalized spacial score (nSPS) is 11.2. The molecule has 11 heavy (non-hydrogen) atoms. The van der Waals surface area contributed by atoms with Gasteiger partial charge in [0.1, 0.15) is 0 Å². The molecule has 0 aromatic rings. The lowest BCUT2D eigenvalue weighted by molar-refractivity contribution is -0.131. The molecule has 0 amide bonds. The quantitative estimate of drug-likeness (QED) is 0.510.